The number of halogens is 3. The van der Waals surface area contributed by atoms with E-state index in [2.05, 4.69) is 20.1 Å². The number of hydrogen-bond acceptors (Lipinski definition) is 3. The number of guanidine groups is 1. The Morgan fingerprint density at radius 1 is 1.12 bits per heavy atom. The molecule has 1 aliphatic carbocycles. The number of aliphatic imine (C=N–C) groups is 1. The van der Waals surface area contributed by atoms with Crippen molar-refractivity contribution in [2.75, 3.05) is 52.9 Å². The summed E-state index contributed by atoms with van der Waals surface area (Å²) in [7, 11) is 1.75. The van der Waals surface area contributed by atoms with E-state index >= 15 is 0 Å². The molecular formula is C17H30F3N5. The van der Waals surface area contributed by atoms with Crippen LogP contribution in [0.25, 0.3) is 0 Å². The minimum atomic E-state index is -4.15. The first-order valence-electron chi connectivity index (χ1n) is 9.39. The second-order valence-corrected chi connectivity index (χ2v) is 7.55. The fraction of sp³-hybridized carbons (Fsp3) is 0.941. The van der Waals surface area contributed by atoms with E-state index in [0.717, 1.165) is 25.1 Å². The topological polar surface area (TPSA) is 34.1 Å². The number of piperazine rings is 1. The molecule has 0 aromatic rings. The van der Waals surface area contributed by atoms with Crippen LogP contribution in [0.1, 0.15) is 26.2 Å². The molecule has 3 fully saturated rings. The van der Waals surface area contributed by atoms with Crippen molar-refractivity contribution in [1.82, 2.24) is 20.0 Å². The molecule has 0 aromatic heterocycles. The van der Waals surface area contributed by atoms with E-state index in [1.54, 1.807) is 7.05 Å². The Balaban J connectivity index is 1.42. The Kier molecular flexibility index (Phi) is 5.78. The predicted octanol–water partition coefficient (Wildman–Crippen LogP) is 1.61. The van der Waals surface area contributed by atoms with Crippen molar-refractivity contribution in [2.24, 2.45) is 10.9 Å². The number of likely N-dealkylation sites (tertiary alicyclic amines) is 1. The van der Waals surface area contributed by atoms with Crippen LogP contribution in [0.4, 0.5) is 13.2 Å². The molecule has 1 saturated carbocycles. The normalized spacial score (nSPS) is 28.4. The molecular weight excluding hydrogens is 331 g/mol. The molecule has 2 saturated heterocycles. The summed E-state index contributed by atoms with van der Waals surface area (Å²) in [6, 6.07) is -0.551. The van der Waals surface area contributed by atoms with Gasteiger partial charge in [-0.15, -0.1) is 0 Å². The SMILES string of the molecule is CN=C(NCC1CCN(C2CC2)C1)N1CCN(C(C)C(F)(F)F)CC1. The fourth-order valence-electron chi connectivity index (χ4n) is 3.90. The molecule has 1 N–H and O–H groups in total. The lowest BCUT2D eigenvalue weighted by Gasteiger charge is -2.39. The first kappa shape index (κ1) is 18.8. The minimum absolute atomic E-state index is 0.417. The van der Waals surface area contributed by atoms with Crippen LogP contribution in [0.5, 0.6) is 0 Å². The summed E-state index contributed by atoms with van der Waals surface area (Å²) >= 11 is 0. The Morgan fingerprint density at radius 3 is 2.36 bits per heavy atom. The smallest absolute Gasteiger partial charge is 0.356 e. The van der Waals surface area contributed by atoms with Gasteiger partial charge in [-0.05, 0) is 38.6 Å². The Bertz CT molecular complexity index is 469. The van der Waals surface area contributed by atoms with Crippen molar-refractivity contribution in [3.8, 4) is 0 Å². The molecule has 0 aromatic carbocycles. The average Bonchev–Trinajstić information content (AvgIpc) is 3.33. The summed E-state index contributed by atoms with van der Waals surface area (Å²) in [5, 5.41) is 3.44. The number of nitrogens with zero attached hydrogens (tertiary/aromatic N) is 4. The van der Waals surface area contributed by atoms with E-state index in [4.69, 9.17) is 0 Å². The largest absolute Gasteiger partial charge is 0.403 e. The lowest BCUT2D eigenvalue weighted by Crippen LogP contribution is -2.57. The van der Waals surface area contributed by atoms with Crippen LogP contribution >= 0.6 is 0 Å². The summed E-state index contributed by atoms with van der Waals surface area (Å²) in [6.45, 7) is 6.50. The third kappa shape index (κ3) is 4.78. The quantitative estimate of drug-likeness (QED) is 0.610. The summed E-state index contributed by atoms with van der Waals surface area (Å²) < 4.78 is 38.5. The van der Waals surface area contributed by atoms with E-state index < -0.39 is 12.2 Å². The van der Waals surface area contributed by atoms with Crippen LogP contribution < -0.4 is 5.32 Å². The Labute approximate surface area is 148 Å². The maximum absolute atomic E-state index is 12.8. The van der Waals surface area contributed by atoms with Gasteiger partial charge in [-0.2, -0.15) is 13.2 Å². The third-order valence-corrected chi connectivity index (χ3v) is 5.78. The second kappa shape index (κ2) is 7.70. The lowest BCUT2D eigenvalue weighted by molar-refractivity contribution is -0.181. The molecule has 0 radical (unpaired) electrons. The number of rotatable bonds is 4. The molecule has 0 bridgehead atoms. The molecule has 8 heteroatoms. The standard InChI is InChI=1S/C17H30F3N5/c1-13(17(18,19)20)23-7-9-24(10-8-23)16(21-2)22-11-14-5-6-25(12-14)15-3-4-15/h13-15H,3-12H2,1-2H3,(H,21,22). The van der Waals surface area contributed by atoms with Gasteiger partial charge < -0.3 is 15.1 Å². The number of hydrogen-bond donors (Lipinski definition) is 1. The van der Waals surface area contributed by atoms with Gasteiger partial charge in [0, 0.05) is 52.4 Å². The molecule has 0 amide bonds. The van der Waals surface area contributed by atoms with Crippen molar-refractivity contribution >= 4 is 5.96 Å². The molecule has 25 heavy (non-hydrogen) atoms. The second-order valence-electron chi connectivity index (χ2n) is 7.55. The van der Waals surface area contributed by atoms with Gasteiger partial charge in [-0.1, -0.05) is 0 Å². The molecule has 2 unspecified atom stereocenters. The monoisotopic (exact) mass is 361 g/mol. The predicted molar refractivity (Wildman–Crippen MR) is 92.7 cm³/mol. The number of alkyl halides is 3. The van der Waals surface area contributed by atoms with Gasteiger partial charge in [-0.3, -0.25) is 9.89 Å². The van der Waals surface area contributed by atoms with Crippen LogP contribution in [0.3, 0.4) is 0 Å². The van der Waals surface area contributed by atoms with Crippen LogP contribution in [0, 0.1) is 5.92 Å². The number of nitrogens with one attached hydrogen (secondary N) is 1. The molecule has 2 aliphatic heterocycles. The van der Waals surface area contributed by atoms with Crippen LogP contribution in [-0.2, 0) is 0 Å². The molecule has 144 valence electrons. The summed E-state index contributed by atoms with van der Waals surface area (Å²) in [5.74, 6) is 1.47. The van der Waals surface area contributed by atoms with Gasteiger partial charge in [0.25, 0.3) is 0 Å². The van der Waals surface area contributed by atoms with E-state index in [1.807, 2.05) is 0 Å². The molecule has 2 atom stereocenters. The Hall–Kier alpha value is -1.02. The van der Waals surface area contributed by atoms with Crippen LogP contribution in [0.15, 0.2) is 4.99 Å². The first-order valence-corrected chi connectivity index (χ1v) is 9.39. The summed E-state index contributed by atoms with van der Waals surface area (Å²) in [5.41, 5.74) is 0. The van der Waals surface area contributed by atoms with E-state index in [9.17, 15) is 13.2 Å². The van der Waals surface area contributed by atoms with Gasteiger partial charge in [0.05, 0.1) is 0 Å². The van der Waals surface area contributed by atoms with E-state index in [1.165, 1.54) is 37.6 Å². The first-order chi connectivity index (χ1) is 11.9. The molecule has 0 spiro atoms. The lowest BCUT2D eigenvalue weighted by atomic mass is 10.1. The van der Waals surface area contributed by atoms with Crippen molar-refractivity contribution in [3.63, 3.8) is 0 Å². The fourth-order valence-corrected chi connectivity index (χ4v) is 3.90. The highest BCUT2D eigenvalue weighted by atomic mass is 19.4. The third-order valence-electron chi connectivity index (χ3n) is 5.78. The molecule has 3 aliphatic rings. The van der Waals surface area contributed by atoms with Gasteiger partial charge in [0.15, 0.2) is 5.96 Å². The maximum Gasteiger partial charge on any atom is 0.403 e. The van der Waals surface area contributed by atoms with Crippen molar-refractivity contribution < 1.29 is 13.2 Å². The zero-order valence-corrected chi connectivity index (χ0v) is 15.2. The summed E-state index contributed by atoms with van der Waals surface area (Å²) in [6.07, 6.45) is -0.236. The molecule has 3 rings (SSSR count). The highest BCUT2D eigenvalue weighted by molar-refractivity contribution is 5.80. The van der Waals surface area contributed by atoms with Crippen molar-refractivity contribution in [1.29, 1.82) is 0 Å². The van der Waals surface area contributed by atoms with Gasteiger partial charge in [-0.25, -0.2) is 0 Å². The Morgan fingerprint density at radius 2 is 1.80 bits per heavy atom. The highest BCUT2D eigenvalue weighted by Gasteiger charge is 2.41. The maximum atomic E-state index is 12.8. The highest BCUT2D eigenvalue weighted by Crippen LogP contribution is 2.31. The van der Waals surface area contributed by atoms with Crippen molar-refractivity contribution in [3.05, 3.63) is 0 Å². The van der Waals surface area contributed by atoms with Crippen molar-refractivity contribution in [2.45, 2.75) is 44.4 Å². The zero-order valence-electron chi connectivity index (χ0n) is 15.2. The summed E-state index contributed by atoms with van der Waals surface area (Å²) in [4.78, 5) is 10.5. The van der Waals surface area contributed by atoms with Crippen LogP contribution in [-0.4, -0.2) is 91.8 Å². The van der Waals surface area contributed by atoms with Gasteiger partial charge >= 0.3 is 6.18 Å². The van der Waals surface area contributed by atoms with E-state index in [-0.39, 0.29) is 0 Å². The van der Waals surface area contributed by atoms with Gasteiger partial charge in [0.2, 0.25) is 0 Å². The average molecular weight is 361 g/mol. The molecule has 5 nitrogen and oxygen atoms in total. The minimum Gasteiger partial charge on any atom is -0.356 e. The zero-order chi connectivity index (χ0) is 18.0. The van der Waals surface area contributed by atoms with Crippen LogP contribution in [0.2, 0.25) is 0 Å². The molecule has 2 heterocycles. The van der Waals surface area contributed by atoms with E-state index in [0.29, 0.717) is 32.1 Å². The van der Waals surface area contributed by atoms with Gasteiger partial charge in [0.1, 0.15) is 6.04 Å².